The Kier molecular flexibility index (Phi) is 9.19. The number of benzene rings is 2. The molecule has 1 aliphatic carbocycles. The average Bonchev–Trinajstić information content (AvgIpc) is 2.82. The number of carbonyl (C=O) groups excluding carboxylic acids is 2. The fourth-order valence-electron chi connectivity index (χ4n) is 4.27. The molecule has 0 bridgehead atoms. The second-order valence-electron chi connectivity index (χ2n) is 9.11. The molecule has 1 saturated carbocycles. The lowest BCUT2D eigenvalue weighted by Crippen LogP contribution is -2.51. The van der Waals surface area contributed by atoms with Crippen molar-refractivity contribution in [2.75, 3.05) is 6.61 Å². The molecule has 0 heterocycles. The second kappa shape index (κ2) is 12.1. The maximum Gasteiger partial charge on any atom is 0.261 e. The van der Waals surface area contributed by atoms with Crippen LogP contribution in [0.1, 0.15) is 69.9 Å². The first-order valence-corrected chi connectivity index (χ1v) is 12.3. The van der Waals surface area contributed by atoms with Crippen LogP contribution in [0.5, 0.6) is 5.75 Å². The molecule has 6 heteroatoms. The van der Waals surface area contributed by atoms with Crippen LogP contribution in [0, 0.1) is 0 Å². The summed E-state index contributed by atoms with van der Waals surface area (Å²) < 4.78 is 5.93. The number of nitrogens with one attached hydrogen (secondary N) is 1. The summed E-state index contributed by atoms with van der Waals surface area (Å²) in [6.45, 7) is 6.05. The molecule has 0 aromatic heterocycles. The number of rotatable bonds is 9. The van der Waals surface area contributed by atoms with Gasteiger partial charge in [-0.05, 0) is 48.9 Å². The van der Waals surface area contributed by atoms with Crippen LogP contribution in [0.3, 0.4) is 0 Å². The summed E-state index contributed by atoms with van der Waals surface area (Å²) in [6.07, 6.45) is 5.46. The first kappa shape index (κ1) is 25.1. The van der Waals surface area contributed by atoms with Gasteiger partial charge in [0, 0.05) is 17.6 Å². The van der Waals surface area contributed by atoms with Gasteiger partial charge in [0.15, 0.2) is 6.61 Å². The minimum atomic E-state index is -0.639. The third-order valence-corrected chi connectivity index (χ3v) is 6.68. The van der Waals surface area contributed by atoms with Crippen molar-refractivity contribution in [2.45, 2.75) is 77.4 Å². The van der Waals surface area contributed by atoms with E-state index in [1.807, 2.05) is 42.5 Å². The fourth-order valence-corrected chi connectivity index (χ4v) is 4.47. The Bertz CT molecular complexity index is 940. The van der Waals surface area contributed by atoms with Crippen molar-refractivity contribution < 1.29 is 14.3 Å². The monoisotopic (exact) mass is 470 g/mol. The number of hydrogen-bond acceptors (Lipinski definition) is 3. The Balaban J connectivity index is 1.75. The Morgan fingerprint density at radius 3 is 2.39 bits per heavy atom. The smallest absolute Gasteiger partial charge is 0.261 e. The van der Waals surface area contributed by atoms with Crippen molar-refractivity contribution in [1.29, 1.82) is 0 Å². The molecule has 1 aliphatic rings. The molecule has 1 N–H and O–H groups in total. The van der Waals surface area contributed by atoms with Gasteiger partial charge in [0.25, 0.3) is 5.91 Å². The summed E-state index contributed by atoms with van der Waals surface area (Å²) >= 11 is 6.37. The number of halogens is 1. The number of nitrogens with zero attached hydrogens (tertiary/aromatic N) is 1. The maximum atomic E-state index is 13.3. The zero-order valence-electron chi connectivity index (χ0n) is 19.9. The number of para-hydroxylation sites is 1. The Morgan fingerprint density at radius 1 is 1.03 bits per heavy atom. The molecule has 2 aromatic carbocycles. The quantitative estimate of drug-likeness (QED) is 0.510. The van der Waals surface area contributed by atoms with Crippen LogP contribution in [0.4, 0.5) is 0 Å². The lowest BCUT2D eigenvalue weighted by atomic mass is 9.95. The Hall–Kier alpha value is -2.53. The number of carbonyl (C=O) groups is 2. The van der Waals surface area contributed by atoms with Crippen LogP contribution in [-0.4, -0.2) is 35.4 Å². The zero-order valence-corrected chi connectivity index (χ0v) is 20.6. The Morgan fingerprint density at radius 2 is 1.70 bits per heavy atom. The highest BCUT2D eigenvalue weighted by Gasteiger charge is 2.29. The number of amides is 2. The summed E-state index contributed by atoms with van der Waals surface area (Å²) in [6, 6.07) is 14.7. The SMILES string of the molecule is CC(C)c1ccccc1OCC(=O)N(Cc1ccccc1Cl)C(C)C(=O)NC1CCCCC1. The average molecular weight is 471 g/mol. The molecular weight excluding hydrogens is 436 g/mol. The maximum absolute atomic E-state index is 13.3. The van der Waals surface area contributed by atoms with Gasteiger partial charge in [-0.2, -0.15) is 0 Å². The molecule has 33 heavy (non-hydrogen) atoms. The minimum Gasteiger partial charge on any atom is -0.483 e. The molecule has 0 saturated heterocycles. The van der Waals surface area contributed by atoms with Crippen molar-refractivity contribution in [3.63, 3.8) is 0 Å². The van der Waals surface area contributed by atoms with Crippen LogP contribution < -0.4 is 10.1 Å². The van der Waals surface area contributed by atoms with Crippen LogP contribution in [0.15, 0.2) is 48.5 Å². The summed E-state index contributed by atoms with van der Waals surface area (Å²) in [7, 11) is 0. The van der Waals surface area contributed by atoms with E-state index in [1.54, 1.807) is 17.9 Å². The van der Waals surface area contributed by atoms with Gasteiger partial charge < -0.3 is 15.0 Å². The standard InChI is InChI=1S/C27H35ClN2O3/c1-19(2)23-14-8-10-16-25(23)33-18-26(31)30(17-21-11-7-9-15-24(21)28)20(3)27(32)29-22-12-5-4-6-13-22/h7-11,14-16,19-20,22H,4-6,12-13,17-18H2,1-3H3,(H,29,32). The van der Waals surface area contributed by atoms with Crippen LogP contribution in [0.25, 0.3) is 0 Å². The van der Waals surface area contributed by atoms with Gasteiger partial charge >= 0.3 is 0 Å². The third kappa shape index (κ3) is 6.97. The molecular formula is C27H35ClN2O3. The predicted octanol–water partition coefficient (Wildman–Crippen LogP) is 5.71. The van der Waals surface area contributed by atoms with Crippen molar-refractivity contribution in [1.82, 2.24) is 10.2 Å². The van der Waals surface area contributed by atoms with Gasteiger partial charge in [-0.25, -0.2) is 0 Å². The van der Waals surface area contributed by atoms with Gasteiger partial charge in [0.05, 0.1) is 0 Å². The highest BCUT2D eigenvalue weighted by Crippen LogP contribution is 2.26. The van der Waals surface area contributed by atoms with Gasteiger partial charge in [0.2, 0.25) is 5.91 Å². The molecule has 1 unspecified atom stereocenters. The predicted molar refractivity (Wildman–Crippen MR) is 133 cm³/mol. The van der Waals surface area contributed by atoms with E-state index in [0.717, 1.165) is 36.8 Å². The summed E-state index contributed by atoms with van der Waals surface area (Å²) in [4.78, 5) is 28.0. The molecule has 1 atom stereocenters. The van der Waals surface area contributed by atoms with E-state index in [0.29, 0.717) is 10.8 Å². The first-order chi connectivity index (χ1) is 15.9. The van der Waals surface area contributed by atoms with Crippen LogP contribution in [-0.2, 0) is 16.1 Å². The van der Waals surface area contributed by atoms with Crippen molar-refractivity contribution in [3.05, 3.63) is 64.7 Å². The molecule has 5 nitrogen and oxygen atoms in total. The van der Waals surface area contributed by atoms with Crippen molar-refractivity contribution in [3.8, 4) is 5.75 Å². The van der Waals surface area contributed by atoms with Gasteiger partial charge in [-0.15, -0.1) is 0 Å². The highest BCUT2D eigenvalue weighted by atomic mass is 35.5. The van der Waals surface area contributed by atoms with E-state index < -0.39 is 6.04 Å². The van der Waals surface area contributed by atoms with E-state index in [2.05, 4.69) is 19.2 Å². The molecule has 1 fully saturated rings. The van der Waals surface area contributed by atoms with Crippen molar-refractivity contribution in [2.24, 2.45) is 0 Å². The topological polar surface area (TPSA) is 58.6 Å². The molecule has 178 valence electrons. The van der Waals surface area contributed by atoms with E-state index in [-0.39, 0.29) is 36.9 Å². The van der Waals surface area contributed by atoms with Gasteiger partial charge in [0.1, 0.15) is 11.8 Å². The highest BCUT2D eigenvalue weighted by molar-refractivity contribution is 6.31. The van der Waals surface area contributed by atoms with Crippen LogP contribution in [0.2, 0.25) is 5.02 Å². The largest absolute Gasteiger partial charge is 0.483 e. The van der Waals surface area contributed by atoms with Gasteiger partial charge in [-0.3, -0.25) is 9.59 Å². The number of ether oxygens (including phenoxy) is 1. The lowest BCUT2D eigenvalue weighted by Gasteiger charge is -2.31. The molecule has 0 radical (unpaired) electrons. The van der Waals surface area contributed by atoms with Gasteiger partial charge in [-0.1, -0.05) is 81.1 Å². The van der Waals surface area contributed by atoms with Crippen LogP contribution >= 0.6 is 11.6 Å². The summed E-state index contributed by atoms with van der Waals surface area (Å²) in [5.41, 5.74) is 1.85. The summed E-state index contributed by atoms with van der Waals surface area (Å²) in [5, 5.41) is 3.72. The third-order valence-electron chi connectivity index (χ3n) is 6.31. The Labute approximate surface area is 202 Å². The first-order valence-electron chi connectivity index (χ1n) is 11.9. The molecule has 2 amide bonds. The molecule has 0 aliphatic heterocycles. The zero-order chi connectivity index (χ0) is 23.8. The molecule has 0 spiro atoms. The second-order valence-corrected chi connectivity index (χ2v) is 9.52. The van der Waals surface area contributed by atoms with Crippen molar-refractivity contribution >= 4 is 23.4 Å². The number of hydrogen-bond donors (Lipinski definition) is 1. The van der Waals surface area contributed by atoms with E-state index in [1.165, 1.54) is 6.42 Å². The normalized spacial score (nSPS) is 15.2. The van der Waals surface area contributed by atoms with E-state index >= 15 is 0 Å². The lowest BCUT2D eigenvalue weighted by molar-refractivity contribution is -0.142. The minimum absolute atomic E-state index is 0.134. The molecule has 3 rings (SSSR count). The summed E-state index contributed by atoms with van der Waals surface area (Å²) in [5.74, 6) is 0.582. The van der Waals surface area contributed by atoms with E-state index in [4.69, 9.17) is 16.3 Å². The molecule has 2 aromatic rings. The fraction of sp³-hybridized carbons (Fsp3) is 0.481. The van der Waals surface area contributed by atoms with E-state index in [9.17, 15) is 9.59 Å².